The van der Waals surface area contributed by atoms with Crippen molar-refractivity contribution < 1.29 is 9.53 Å². The summed E-state index contributed by atoms with van der Waals surface area (Å²) in [6.45, 7) is 0.689. The van der Waals surface area contributed by atoms with Crippen LogP contribution in [0.5, 0.6) is 0 Å². The van der Waals surface area contributed by atoms with Gasteiger partial charge in [-0.25, -0.2) is 9.80 Å². The minimum Gasteiger partial charge on any atom is -0.465 e. The molecular weight excluding hydrogens is 372 g/mol. The topological polar surface area (TPSA) is 55.6 Å². The first kappa shape index (κ1) is 17.1. The van der Waals surface area contributed by atoms with Gasteiger partial charge in [-0.1, -0.05) is 0 Å². The summed E-state index contributed by atoms with van der Waals surface area (Å²) in [6.07, 6.45) is 0.769. The number of hydrogen-bond acceptors (Lipinski definition) is 4. The molecule has 0 bridgehead atoms. The summed E-state index contributed by atoms with van der Waals surface area (Å²) in [4.78, 5) is 13.1. The predicted molar refractivity (Wildman–Crippen MR) is 88.6 cm³/mol. The highest BCUT2D eigenvalue weighted by atomic mass is 79.9. The van der Waals surface area contributed by atoms with Gasteiger partial charge < -0.3 is 4.74 Å². The van der Waals surface area contributed by atoms with Crippen molar-refractivity contribution in [2.24, 2.45) is 5.84 Å². The number of thiophene rings is 1. The zero-order valence-electron chi connectivity index (χ0n) is 10.4. The van der Waals surface area contributed by atoms with Gasteiger partial charge in [-0.3, -0.25) is 5.84 Å². The van der Waals surface area contributed by atoms with E-state index in [1.165, 1.54) is 18.4 Å². The van der Waals surface area contributed by atoms with Crippen molar-refractivity contribution in [3.05, 3.63) is 20.3 Å². The van der Waals surface area contributed by atoms with Gasteiger partial charge in [0.25, 0.3) is 0 Å². The van der Waals surface area contributed by atoms with Gasteiger partial charge in [-0.15, -0.1) is 22.9 Å². The molecule has 0 unspecified atom stereocenters. The number of hydrogen-bond donors (Lipinski definition) is 2. The third-order valence-corrected chi connectivity index (χ3v) is 5.72. The number of carbonyl (C=O) groups is 1. The molecule has 4 nitrogen and oxygen atoms in total. The number of hydrazine groups is 1. The Bertz CT molecular complexity index is 454. The van der Waals surface area contributed by atoms with Crippen LogP contribution in [-0.2, 0) is 11.2 Å². The van der Waals surface area contributed by atoms with Crippen molar-refractivity contribution in [1.29, 1.82) is 0 Å². The first-order chi connectivity index (χ1) is 9.08. The largest absolute Gasteiger partial charge is 0.465 e. The first-order valence-corrected chi connectivity index (χ1v) is 8.81. The zero-order valence-corrected chi connectivity index (χ0v) is 14.5. The second-order valence-electron chi connectivity index (χ2n) is 3.57. The Labute approximate surface area is 133 Å². The maximum Gasteiger partial charge on any atom is 0.348 e. The molecule has 0 aliphatic carbocycles. The number of nitrogens with two attached hydrogens (primary N) is 1. The SMILES string of the molecule is COC(=O)c1cc(Br)c(CCN(N)C=[SH]CCCl)s1. The first-order valence-electron chi connectivity index (χ1n) is 5.52. The van der Waals surface area contributed by atoms with Crippen molar-refractivity contribution in [2.75, 3.05) is 25.3 Å². The lowest BCUT2D eigenvalue weighted by atomic mass is 10.3. The van der Waals surface area contributed by atoms with E-state index in [9.17, 15) is 4.79 Å². The molecule has 0 fully saturated rings. The fraction of sp³-hybridized carbons (Fsp3) is 0.455. The number of methoxy groups -OCH3 is 1. The molecule has 0 aliphatic rings. The van der Waals surface area contributed by atoms with Gasteiger partial charge in [0.1, 0.15) is 4.88 Å². The highest BCUT2D eigenvalue weighted by molar-refractivity contribution is 9.10. The summed E-state index contributed by atoms with van der Waals surface area (Å²) < 4.78 is 5.61. The standard InChI is InChI=1S/C11H16BrClN2O2S2/c1-17-11(16)10-6-8(12)9(19-10)2-4-15(14)7-18-5-3-13/h6-7,18H,2-5,14H2,1H3. The van der Waals surface area contributed by atoms with Crippen LogP contribution in [0.2, 0.25) is 0 Å². The lowest BCUT2D eigenvalue weighted by Crippen LogP contribution is -2.30. The van der Waals surface area contributed by atoms with E-state index in [0.29, 0.717) is 17.3 Å². The summed E-state index contributed by atoms with van der Waals surface area (Å²) in [7, 11) is 1.38. The van der Waals surface area contributed by atoms with Crippen LogP contribution in [0, 0.1) is 0 Å². The third kappa shape index (κ3) is 5.93. The Morgan fingerprint density at radius 2 is 2.47 bits per heavy atom. The fourth-order valence-electron chi connectivity index (χ4n) is 1.28. The van der Waals surface area contributed by atoms with E-state index < -0.39 is 0 Å². The average Bonchev–Trinajstić information content (AvgIpc) is 2.77. The summed E-state index contributed by atoms with van der Waals surface area (Å²) in [5.74, 6) is 7.04. The number of thiol groups is 1. The number of esters is 1. The van der Waals surface area contributed by atoms with Crippen molar-refractivity contribution in [1.82, 2.24) is 5.01 Å². The van der Waals surface area contributed by atoms with Crippen LogP contribution in [0.4, 0.5) is 0 Å². The van der Waals surface area contributed by atoms with Gasteiger partial charge in [0.05, 0.1) is 7.11 Å². The number of halogens is 2. The zero-order chi connectivity index (χ0) is 14.3. The summed E-state index contributed by atoms with van der Waals surface area (Å²) in [6, 6.07) is 1.78. The molecule has 0 radical (unpaired) electrons. The molecule has 0 amide bonds. The Morgan fingerprint density at radius 3 is 3.11 bits per heavy atom. The summed E-state index contributed by atoms with van der Waals surface area (Å²) in [5.41, 5.74) is 1.91. The average molecular weight is 388 g/mol. The van der Waals surface area contributed by atoms with Crippen LogP contribution in [-0.4, -0.2) is 41.8 Å². The molecule has 1 rings (SSSR count). The van der Waals surface area contributed by atoms with Gasteiger partial charge in [0.2, 0.25) is 0 Å². The van der Waals surface area contributed by atoms with Gasteiger partial charge in [0, 0.05) is 33.0 Å². The molecule has 0 aliphatic heterocycles. The molecule has 0 atom stereocenters. The molecule has 2 N–H and O–H groups in total. The molecule has 0 aromatic carbocycles. The second-order valence-corrected chi connectivity index (χ2v) is 6.98. The van der Waals surface area contributed by atoms with E-state index in [0.717, 1.165) is 32.9 Å². The second kappa shape index (κ2) is 9.10. The number of carbonyl (C=O) groups excluding carboxylic acids is 1. The lowest BCUT2D eigenvalue weighted by molar-refractivity contribution is 0.0606. The van der Waals surface area contributed by atoms with Gasteiger partial charge in [-0.05, 0) is 28.4 Å². The van der Waals surface area contributed by atoms with E-state index >= 15 is 0 Å². The molecule has 19 heavy (non-hydrogen) atoms. The minimum absolute atomic E-state index is 0.311. The normalized spacial score (nSPS) is 11.8. The monoisotopic (exact) mass is 386 g/mol. The molecule has 0 saturated heterocycles. The summed E-state index contributed by atoms with van der Waals surface area (Å²) >= 11 is 11.6. The van der Waals surface area contributed by atoms with Crippen molar-refractivity contribution in [2.45, 2.75) is 6.42 Å². The fourth-order valence-corrected chi connectivity index (χ4v) is 3.89. The molecule has 1 aromatic heterocycles. The molecule has 0 spiro atoms. The third-order valence-electron chi connectivity index (χ3n) is 2.18. The Hall–Kier alpha value is 0.0800. The van der Waals surface area contributed by atoms with Crippen molar-refractivity contribution >= 4 is 61.7 Å². The molecule has 108 valence electrons. The maximum atomic E-state index is 11.4. The van der Waals surface area contributed by atoms with Crippen molar-refractivity contribution in [3.63, 3.8) is 0 Å². The van der Waals surface area contributed by atoms with Crippen LogP contribution in [0.25, 0.3) is 0 Å². The predicted octanol–water partition coefficient (Wildman–Crippen LogP) is 2.48. The van der Waals surface area contributed by atoms with Gasteiger partial charge in [0.15, 0.2) is 0 Å². The van der Waals surface area contributed by atoms with Crippen LogP contribution in [0.3, 0.4) is 0 Å². The van der Waals surface area contributed by atoms with Gasteiger partial charge in [-0.2, -0.15) is 11.4 Å². The van der Waals surface area contributed by atoms with Crippen molar-refractivity contribution in [3.8, 4) is 0 Å². The van der Waals surface area contributed by atoms with E-state index in [-0.39, 0.29) is 5.97 Å². The molecule has 1 heterocycles. The highest BCUT2D eigenvalue weighted by Crippen LogP contribution is 2.28. The number of rotatable bonds is 7. The van der Waals surface area contributed by atoms with E-state index in [4.69, 9.17) is 22.2 Å². The summed E-state index contributed by atoms with van der Waals surface area (Å²) in [5, 5.41) is 1.65. The van der Waals surface area contributed by atoms with E-state index in [1.807, 2.05) is 5.49 Å². The lowest BCUT2D eigenvalue weighted by Gasteiger charge is -2.09. The smallest absolute Gasteiger partial charge is 0.348 e. The highest BCUT2D eigenvalue weighted by Gasteiger charge is 2.13. The van der Waals surface area contributed by atoms with E-state index in [1.54, 1.807) is 11.1 Å². The Balaban J connectivity index is 2.53. The Kier molecular flexibility index (Phi) is 8.20. The van der Waals surface area contributed by atoms with Crippen LogP contribution < -0.4 is 5.84 Å². The number of nitrogens with zero attached hydrogens (tertiary/aromatic N) is 1. The minimum atomic E-state index is -0.311. The van der Waals surface area contributed by atoms with E-state index in [2.05, 4.69) is 15.9 Å². The molecule has 0 saturated carbocycles. The quantitative estimate of drug-likeness (QED) is 0.188. The number of alkyl halides is 1. The van der Waals surface area contributed by atoms with Crippen LogP contribution in [0.15, 0.2) is 10.5 Å². The molecule has 8 heteroatoms. The molecular formula is C11H16BrClN2O2S2. The van der Waals surface area contributed by atoms with Gasteiger partial charge >= 0.3 is 5.97 Å². The maximum absolute atomic E-state index is 11.4. The Morgan fingerprint density at radius 1 is 1.74 bits per heavy atom. The number of ether oxygens (including phenoxy) is 1. The van der Waals surface area contributed by atoms with Crippen LogP contribution in [0.1, 0.15) is 14.5 Å². The molecule has 1 aromatic rings. The van der Waals surface area contributed by atoms with Crippen LogP contribution >= 0.6 is 50.2 Å².